The minimum absolute atomic E-state index is 0. The molecule has 2 unspecified atom stereocenters. The molecule has 0 aromatic carbocycles. The van der Waals surface area contributed by atoms with Crippen molar-refractivity contribution in [1.82, 2.24) is 15.5 Å². The molecule has 2 N–H and O–H groups in total. The summed E-state index contributed by atoms with van der Waals surface area (Å²) in [5, 5.41) is 8.74. The van der Waals surface area contributed by atoms with Crippen molar-refractivity contribution in [2.45, 2.75) is 39.5 Å². The lowest BCUT2D eigenvalue weighted by molar-refractivity contribution is -0.132. The predicted octanol–water partition coefficient (Wildman–Crippen LogP) is 3.36. The van der Waals surface area contributed by atoms with E-state index >= 15 is 0 Å². The van der Waals surface area contributed by atoms with Gasteiger partial charge in [0, 0.05) is 44.5 Å². The standard InChI is InChI=1S/C19H32N4OS.HI/c1-15-6-4-10-23(14-15)18(24)8-9-21-19(20-3)22-13-16(2)12-17-7-5-11-25-17;/h5,7,11,15-16H,4,6,8-10,12-14H2,1-3H3,(H2,20,21,22);1H. The summed E-state index contributed by atoms with van der Waals surface area (Å²) in [6.07, 6.45) is 3.97. The quantitative estimate of drug-likeness (QED) is 0.349. The fraction of sp³-hybridized carbons (Fsp3) is 0.684. The molecule has 0 aliphatic carbocycles. The number of hydrogen-bond acceptors (Lipinski definition) is 3. The van der Waals surface area contributed by atoms with E-state index in [1.54, 1.807) is 18.4 Å². The van der Waals surface area contributed by atoms with Crippen LogP contribution in [0.1, 0.15) is 38.0 Å². The van der Waals surface area contributed by atoms with E-state index in [0.717, 1.165) is 38.4 Å². The Morgan fingerprint density at radius 2 is 2.27 bits per heavy atom. The average molecular weight is 492 g/mol. The van der Waals surface area contributed by atoms with Gasteiger partial charge < -0.3 is 15.5 Å². The van der Waals surface area contributed by atoms with Crippen LogP contribution in [0.25, 0.3) is 0 Å². The van der Waals surface area contributed by atoms with Crippen molar-refractivity contribution in [2.75, 3.05) is 33.2 Å². The number of carbonyl (C=O) groups is 1. The zero-order valence-corrected chi connectivity index (χ0v) is 19.3. The van der Waals surface area contributed by atoms with Gasteiger partial charge in [0.15, 0.2) is 5.96 Å². The average Bonchev–Trinajstić information content (AvgIpc) is 3.10. The van der Waals surface area contributed by atoms with Gasteiger partial charge in [-0.2, -0.15) is 0 Å². The Kier molecular flexibility index (Phi) is 11.2. The lowest BCUT2D eigenvalue weighted by atomic mass is 10.00. The molecule has 0 saturated carbocycles. The van der Waals surface area contributed by atoms with Crippen LogP contribution in [0.2, 0.25) is 0 Å². The number of nitrogens with one attached hydrogen (secondary N) is 2. The van der Waals surface area contributed by atoms with Gasteiger partial charge in [0.1, 0.15) is 0 Å². The molecular formula is C19H33IN4OS. The molecule has 148 valence electrons. The molecule has 0 radical (unpaired) electrons. The van der Waals surface area contributed by atoms with Crippen molar-refractivity contribution >= 4 is 47.2 Å². The summed E-state index contributed by atoms with van der Waals surface area (Å²) in [5.41, 5.74) is 0. The molecule has 1 aromatic rings. The Hall–Kier alpha value is -0.830. The van der Waals surface area contributed by atoms with Crippen molar-refractivity contribution in [3.05, 3.63) is 22.4 Å². The van der Waals surface area contributed by atoms with E-state index in [9.17, 15) is 4.79 Å². The lowest BCUT2D eigenvalue weighted by Gasteiger charge is -2.31. The van der Waals surface area contributed by atoms with E-state index in [-0.39, 0.29) is 29.9 Å². The minimum Gasteiger partial charge on any atom is -0.356 e. The molecule has 7 heteroatoms. The molecular weight excluding hydrogens is 459 g/mol. The summed E-state index contributed by atoms with van der Waals surface area (Å²) in [6, 6.07) is 4.28. The molecule has 2 atom stereocenters. The highest BCUT2D eigenvalue weighted by Crippen LogP contribution is 2.16. The molecule has 1 amide bonds. The van der Waals surface area contributed by atoms with Crippen LogP contribution in [0.5, 0.6) is 0 Å². The Morgan fingerprint density at radius 1 is 1.46 bits per heavy atom. The largest absolute Gasteiger partial charge is 0.356 e. The summed E-state index contributed by atoms with van der Waals surface area (Å²) in [7, 11) is 1.77. The van der Waals surface area contributed by atoms with E-state index in [2.05, 4.69) is 47.0 Å². The molecule has 2 rings (SSSR count). The fourth-order valence-corrected chi connectivity index (χ4v) is 4.07. The Balaban J connectivity index is 0.00000338. The molecule has 26 heavy (non-hydrogen) atoms. The zero-order chi connectivity index (χ0) is 18.1. The maximum Gasteiger partial charge on any atom is 0.224 e. The molecule has 1 aromatic heterocycles. The first-order valence-electron chi connectivity index (χ1n) is 9.33. The number of hydrogen-bond donors (Lipinski definition) is 2. The highest BCUT2D eigenvalue weighted by atomic mass is 127. The number of aliphatic imine (C=N–C) groups is 1. The van der Waals surface area contributed by atoms with Crippen LogP contribution in [-0.2, 0) is 11.2 Å². The molecule has 1 aliphatic rings. The smallest absolute Gasteiger partial charge is 0.224 e. The number of halogens is 1. The van der Waals surface area contributed by atoms with Crippen LogP contribution in [0, 0.1) is 11.8 Å². The first-order chi connectivity index (χ1) is 12.1. The van der Waals surface area contributed by atoms with Crippen LogP contribution in [0.4, 0.5) is 0 Å². The number of carbonyl (C=O) groups excluding carboxylic acids is 1. The topological polar surface area (TPSA) is 56.7 Å². The first-order valence-corrected chi connectivity index (χ1v) is 10.2. The number of thiophene rings is 1. The highest BCUT2D eigenvalue weighted by Gasteiger charge is 2.20. The van der Waals surface area contributed by atoms with Crippen molar-refractivity contribution in [3.8, 4) is 0 Å². The zero-order valence-electron chi connectivity index (χ0n) is 16.2. The van der Waals surface area contributed by atoms with Crippen molar-refractivity contribution in [3.63, 3.8) is 0 Å². The summed E-state index contributed by atoms with van der Waals surface area (Å²) >= 11 is 1.81. The molecule has 1 aliphatic heterocycles. The number of nitrogens with zero attached hydrogens (tertiary/aromatic N) is 2. The third-order valence-corrected chi connectivity index (χ3v) is 5.51. The van der Waals surface area contributed by atoms with Gasteiger partial charge in [-0.25, -0.2) is 0 Å². The van der Waals surface area contributed by atoms with Crippen molar-refractivity contribution in [2.24, 2.45) is 16.8 Å². The Morgan fingerprint density at radius 3 is 2.92 bits per heavy atom. The second-order valence-corrected chi connectivity index (χ2v) is 8.14. The van der Waals surface area contributed by atoms with E-state index in [1.807, 2.05) is 4.90 Å². The van der Waals surface area contributed by atoms with E-state index < -0.39 is 0 Å². The SMILES string of the molecule is CN=C(NCCC(=O)N1CCCC(C)C1)NCC(C)Cc1cccs1.I. The van der Waals surface area contributed by atoms with Crippen LogP contribution >= 0.6 is 35.3 Å². The van der Waals surface area contributed by atoms with Crippen molar-refractivity contribution < 1.29 is 4.79 Å². The predicted molar refractivity (Wildman–Crippen MR) is 122 cm³/mol. The Labute approximate surface area is 179 Å². The van der Waals surface area contributed by atoms with E-state index in [4.69, 9.17) is 0 Å². The van der Waals surface area contributed by atoms with Crippen LogP contribution in [-0.4, -0.2) is 50.0 Å². The second-order valence-electron chi connectivity index (χ2n) is 7.11. The third kappa shape index (κ3) is 8.24. The maximum absolute atomic E-state index is 12.3. The van der Waals surface area contributed by atoms with E-state index in [1.165, 1.54) is 11.3 Å². The molecule has 2 heterocycles. The minimum atomic E-state index is 0. The summed E-state index contributed by atoms with van der Waals surface area (Å²) in [4.78, 5) is 20.0. The summed E-state index contributed by atoms with van der Waals surface area (Å²) in [5.74, 6) is 2.19. The van der Waals surface area contributed by atoms with Crippen LogP contribution in [0.3, 0.4) is 0 Å². The summed E-state index contributed by atoms with van der Waals surface area (Å²) < 4.78 is 0. The number of guanidine groups is 1. The third-order valence-electron chi connectivity index (χ3n) is 4.61. The van der Waals surface area contributed by atoms with Crippen LogP contribution in [0.15, 0.2) is 22.5 Å². The first kappa shape index (κ1) is 23.2. The lowest BCUT2D eigenvalue weighted by Crippen LogP contribution is -2.43. The van der Waals surface area contributed by atoms with Crippen LogP contribution < -0.4 is 10.6 Å². The van der Waals surface area contributed by atoms with Gasteiger partial charge in [-0.1, -0.05) is 19.9 Å². The maximum atomic E-state index is 12.3. The molecule has 1 saturated heterocycles. The molecule has 0 spiro atoms. The van der Waals surface area contributed by atoms with Gasteiger partial charge in [0.2, 0.25) is 5.91 Å². The number of piperidine rings is 1. The van der Waals surface area contributed by atoms with Crippen molar-refractivity contribution in [1.29, 1.82) is 0 Å². The molecule has 0 bridgehead atoms. The second kappa shape index (κ2) is 12.5. The normalized spacial score (nSPS) is 18.8. The van der Waals surface area contributed by atoms with Gasteiger partial charge in [0.25, 0.3) is 0 Å². The number of rotatable bonds is 7. The molecule has 1 fully saturated rings. The summed E-state index contributed by atoms with van der Waals surface area (Å²) in [6.45, 7) is 7.78. The van der Waals surface area contributed by atoms with Gasteiger partial charge in [-0.05, 0) is 42.5 Å². The molecule has 5 nitrogen and oxygen atoms in total. The number of amides is 1. The highest BCUT2D eigenvalue weighted by molar-refractivity contribution is 14.0. The van der Waals surface area contributed by atoms with Gasteiger partial charge in [-0.3, -0.25) is 9.79 Å². The van der Waals surface area contributed by atoms with Gasteiger partial charge in [0.05, 0.1) is 0 Å². The fourth-order valence-electron chi connectivity index (χ4n) is 3.20. The van der Waals surface area contributed by atoms with E-state index in [0.29, 0.717) is 24.8 Å². The monoisotopic (exact) mass is 492 g/mol. The number of likely N-dealkylation sites (tertiary alicyclic amines) is 1. The van der Waals surface area contributed by atoms with Gasteiger partial charge in [-0.15, -0.1) is 35.3 Å². The van der Waals surface area contributed by atoms with Gasteiger partial charge >= 0.3 is 0 Å². The Bertz CT molecular complexity index is 550.